The number of ether oxygens (including phenoxy) is 1. The van der Waals surface area contributed by atoms with E-state index in [0.717, 1.165) is 47.1 Å². The van der Waals surface area contributed by atoms with E-state index >= 15 is 0 Å². The second kappa shape index (κ2) is 15.4. The lowest BCUT2D eigenvalue weighted by Gasteiger charge is -2.19. The molecule has 0 fully saturated rings. The Morgan fingerprint density at radius 1 is 1.02 bits per heavy atom. The lowest BCUT2D eigenvalue weighted by atomic mass is 9.93. The quantitative estimate of drug-likeness (QED) is 0.147. The zero-order chi connectivity index (χ0) is 29.9. The van der Waals surface area contributed by atoms with Crippen LogP contribution < -0.4 is 5.32 Å². The molecule has 0 bridgehead atoms. The fourth-order valence-electron chi connectivity index (χ4n) is 4.75. The molecule has 1 heterocycles. The standard InChI is InChI=1S/C34H38N2O5S/c1-4-5-15-30(31-21-35-33(41-31)25-12-7-6-8-13-25)40-22-24-16-17-27(28(20-24)26-14-10-9-11-23(26)2)32(37)36-29(34(38)39)18-19-42-3/h6-14,16-17,20-21,29-30H,4-5,15,18-19,22H2,1-3H3,(H,36,37)(H,38,39)/t29-,30+/m0/s1. The SMILES string of the molecule is CCCC[C@@H](OCc1ccc(C(=O)N[C@@H](CCSC)C(=O)O)c(-c2ccccc2C)c1)c1cnc(-c2ccccc2)o1. The summed E-state index contributed by atoms with van der Waals surface area (Å²) in [7, 11) is 0. The van der Waals surface area contributed by atoms with E-state index in [9.17, 15) is 14.7 Å². The number of unbranched alkanes of at least 4 members (excludes halogenated alkanes) is 1. The molecular weight excluding hydrogens is 548 g/mol. The Kier molecular flexibility index (Phi) is 11.4. The average molecular weight is 587 g/mol. The summed E-state index contributed by atoms with van der Waals surface area (Å²) in [4.78, 5) is 29.7. The number of rotatable bonds is 15. The van der Waals surface area contributed by atoms with Crippen LogP contribution in [0.1, 0.15) is 66.0 Å². The van der Waals surface area contributed by atoms with Gasteiger partial charge in [-0.15, -0.1) is 0 Å². The third-order valence-electron chi connectivity index (χ3n) is 7.11. The van der Waals surface area contributed by atoms with E-state index in [2.05, 4.69) is 17.2 Å². The maximum atomic E-state index is 13.4. The molecule has 1 amide bonds. The Balaban J connectivity index is 1.59. The third-order valence-corrected chi connectivity index (χ3v) is 7.75. The van der Waals surface area contributed by atoms with Crippen LogP contribution in [0.4, 0.5) is 0 Å². The first-order valence-corrected chi connectivity index (χ1v) is 15.6. The minimum Gasteiger partial charge on any atom is -0.480 e. The van der Waals surface area contributed by atoms with Crippen LogP contribution in [0.25, 0.3) is 22.6 Å². The van der Waals surface area contributed by atoms with Crippen LogP contribution in [0.5, 0.6) is 0 Å². The number of aromatic nitrogens is 1. The van der Waals surface area contributed by atoms with E-state index in [1.807, 2.05) is 79.9 Å². The van der Waals surface area contributed by atoms with Crippen molar-refractivity contribution >= 4 is 23.6 Å². The van der Waals surface area contributed by atoms with E-state index in [-0.39, 0.29) is 6.10 Å². The van der Waals surface area contributed by atoms with Gasteiger partial charge >= 0.3 is 5.97 Å². The topological polar surface area (TPSA) is 102 Å². The highest BCUT2D eigenvalue weighted by Gasteiger charge is 2.23. The van der Waals surface area contributed by atoms with E-state index in [1.54, 1.807) is 24.0 Å². The molecule has 0 saturated heterocycles. The van der Waals surface area contributed by atoms with Crippen molar-refractivity contribution in [3.05, 3.63) is 101 Å². The van der Waals surface area contributed by atoms with Gasteiger partial charge in [-0.1, -0.05) is 68.3 Å². The summed E-state index contributed by atoms with van der Waals surface area (Å²) in [5.41, 5.74) is 4.88. The molecule has 0 aliphatic rings. The highest BCUT2D eigenvalue weighted by atomic mass is 32.2. The molecule has 1 aromatic heterocycles. The maximum Gasteiger partial charge on any atom is 0.326 e. The minimum absolute atomic E-state index is 0.271. The fraction of sp³-hybridized carbons (Fsp3) is 0.324. The van der Waals surface area contributed by atoms with E-state index in [0.29, 0.717) is 36.0 Å². The molecule has 8 heteroatoms. The summed E-state index contributed by atoms with van der Waals surface area (Å²) in [6.45, 7) is 4.44. The van der Waals surface area contributed by atoms with Crippen LogP contribution >= 0.6 is 11.8 Å². The number of carbonyl (C=O) groups excluding carboxylic acids is 1. The van der Waals surface area contributed by atoms with Gasteiger partial charge in [0.05, 0.1) is 12.8 Å². The number of carboxylic acids is 1. The van der Waals surface area contributed by atoms with Crippen molar-refractivity contribution in [1.82, 2.24) is 10.3 Å². The van der Waals surface area contributed by atoms with Crippen molar-refractivity contribution in [3.8, 4) is 22.6 Å². The van der Waals surface area contributed by atoms with Gasteiger partial charge in [-0.2, -0.15) is 11.8 Å². The number of carboxylic acid groups (broad SMARTS) is 1. The minimum atomic E-state index is -1.04. The second-order valence-electron chi connectivity index (χ2n) is 10.2. The van der Waals surface area contributed by atoms with Crippen LogP contribution in [0, 0.1) is 6.92 Å². The summed E-state index contributed by atoms with van der Waals surface area (Å²) in [6, 6.07) is 22.2. The number of carbonyl (C=O) groups is 2. The molecule has 0 aliphatic carbocycles. The molecule has 0 spiro atoms. The number of benzene rings is 3. The molecule has 4 aromatic rings. The average Bonchev–Trinajstić information content (AvgIpc) is 3.50. The van der Waals surface area contributed by atoms with Crippen molar-refractivity contribution in [2.24, 2.45) is 0 Å². The first kappa shape index (κ1) is 31.1. The normalized spacial score (nSPS) is 12.5. The summed E-state index contributed by atoms with van der Waals surface area (Å²) in [6.07, 6.45) is 6.52. The number of aliphatic carboxylic acids is 1. The van der Waals surface area contributed by atoms with Crippen molar-refractivity contribution < 1.29 is 23.8 Å². The van der Waals surface area contributed by atoms with Gasteiger partial charge in [-0.3, -0.25) is 4.79 Å². The molecule has 42 heavy (non-hydrogen) atoms. The molecule has 4 rings (SSSR count). The van der Waals surface area contributed by atoms with Gasteiger partial charge in [0, 0.05) is 11.1 Å². The predicted molar refractivity (Wildman–Crippen MR) is 167 cm³/mol. The molecule has 7 nitrogen and oxygen atoms in total. The van der Waals surface area contributed by atoms with Gasteiger partial charge in [0.25, 0.3) is 5.91 Å². The molecule has 2 N–H and O–H groups in total. The molecule has 0 radical (unpaired) electrons. The van der Waals surface area contributed by atoms with Gasteiger partial charge < -0.3 is 19.6 Å². The fourth-order valence-corrected chi connectivity index (χ4v) is 5.22. The van der Waals surface area contributed by atoms with Crippen LogP contribution in [-0.4, -0.2) is 40.0 Å². The van der Waals surface area contributed by atoms with E-state index < -0.39 is 17.9 Å². The van der Waals surface area contributed by atoms with Gasteiger partial charge in [0.1, 0.15) is 12.1 Å². The van der Waals surface area contributed by atoms with E-state index in [1.165, 1.54) is 0 Å². The highest BCUT2D eigenvalue weighted by Crippen LogP contribution is 2.32. The summed E-state index contributed by atoms with van der Waals surface area (Å²) >= 11 is 1.55. The Morgan fingerprint density at radius 2 is 1.79 bits per heavy atom. The van der Waals surface area contributed by atoms with Crippen molar-refractivity contribution in [2.45, 2.75) is 58.3 Å². The molecular formula is C34H38N2O5S. The second-order valence-corrected chi connectivity index (χ2v) is 11.2. The lowest BCUT2D eigenvalue weighted by molar-refractivity contribution is -0.139. The van der Waals surface area contributed by atoms with Crippen LogP contribution in [-0.2, 0) is 16.1 Å². The number of hydrogen-bond acceptors (Lipinski definition) is 6. The summed E-state index contributed by atoms with van der Waals surface area (Å²) < 4.78 is 12.5. The van der Waals surface area contributed by atoms with Gasteiger partial charge in [0.2, 0.25) is 5.89 Å². The Hall–Kier alpha value is -3.88. The van der Waals surface area contributed by atoms with Crippen molar-refractivity contribution in [1.29, 1.82) is 0 Å². The Labute approximate surface area is 251 Å². The monoisotopic (exact) mass is 586 g/mol. The number of amides is 1. The maximum absolute atomic E-state index is 13.4. The third kappa shape index (κ3) is 8.11. The molecule has 0 saturated carbocycles. The number of hydrogen-bond donors (Lipinski definition) is 2. The largest absolute Gasteiger partial charge is 0.480 e. The summed E-state index contributed by atoms with van der Waals surface area (Å²) in [5.74, 6) is 0.425. The smallest absolute Gasteiger partial charge is 0.326 e. The summed E-state index contributed by atoms with van der Waals surface area (Å²) in [5, 5.41) is 12.4. The Bertz CT molecular complexity index is 1470. The number of oxazole rings is 1. The highest BCUT2D eigenvalue weighted by molar-refractivity contribution is 7.98. The molecule has 3 aromatic carbocycles. The number of thioether (sulfide) groups is 1. The van der Waals surface area contributed by atoms with Crippen molar-refractivity contribution in [3.63, 3.8) is 0 Å². The van der Waals surface area contributed by atoms with Crippen LogP contribution in [0.15, 0.2) is 83.4 Å². The zero-order valence-electron chi connectivity index (χ0n) is 24.3. The molecule has 220 valence electrons. The lowest BCUT2D eigenvalue weighted by Crippen LogP contribution is -2.41. The first-order chi connectivity index (χ1) is 20.4. The molecule has 0 aliphatic heterocycles. The zero-order valence-corrected chi connectivity index (χ0v) is 25.2. The first-order valence-electron chi connectivity index (χ1n) is 14.3. The number of nitrogens with zero attached hydrogens (tertiary/aromatic N) is 1. The van der Waals surface area contributed by atoms with Crippen LogP contribution in [0.2, 0.25) is 0 Å². The van der Waals surface area contributed by atoms with Gasteiger partial charge in [-0.25, -0.2) is 9.78 Å². The van der Waals surface area contributed by atoms with Crippen molar-refractivity contribution in [2.75, 3.05) is 12.0 Å². The number of nitrogens with one attached hydrogen (secondary N) is 1. The van der Waals surface area contributed by atoms with Crippen LogP contribution in [0.3, 0.4) is 0 Å². The van der Waals surface area contributed by atoms with Gasteiger partial charge in [-0.05, 0) is 78.3 Å². The Morgan fingerprint density at radius 3 is 2.50 bits per heavy atom. The number of aryl methyl sites for hydroxylation is 1. The molecule has 2 atom stereocenters. The van der Waals surface area contributed by atoms with Gasteiger partial charge in [0.15, 0.2) is 5.76 Å². The predicted octanol–water partition coefficient (Wildman–Crippen LogP) is 7.70. The van der Waals surface area contributed by atoms with E-state index in [4.69, 9.17) is 9.15 Å². The molecule has 0 unspecified atom stereocenters.